The minimum atomic E-state index is 0.602. The summed E-state index contributed by atoms with van der Waals surface area (Å²) in [7, 11) is 0. The van der Waals surface area contributed by atoms with Crippen LogP contribution in [-0.2, 0) is 6.54 Å². The van der Waals surface area contributed by atoms with Crippen LogP contribution in [0.4, 0.5) is 0 Å². The monoisotopic (exact) mass is 238 g/mol. The maximum atomic E-state index is 5.83. The molecule has 0 unspecified atom stereocenters. The van der Waals surface area contributed by atoms with Gasteiger partial charge in [0, 0.05) is 0 Å². The molecule has 0 spiro atoms. The molecular formula is C6H8BrClN2O. The lowest BCUT2D eigenvalue weighted by atomic mass is 10.4. The molecule has 1 N–H and O–H groups in total. The molecule has 1 aromatic rings. The summed E-state index contributed by atoms with van der Waals surface area (Å²) in [6.07, 6.45) is 0. The number of aryl methyl sites for hydroxylation is 1. The average molecular weight is 240 g/mol. The van der Waals surface area contributed by atoms with Crippen LogP contribution in [0.3, 0.4) is 0 Å². The topological polar surface area (TPSA) is 38.1 Å². The Hall–Kier alpha value is -0.0600. The molecule has 5 heteroatoms. The first-order valence-corrected chi connectivity index (χ1v) is 4.63. The zero-order valence-electron chi connectivity index (χ0n) is 6.03. The number of hydrogen-bond acceptors (Lipinski definition) is 3. The molecule has 0 atom stereocenters. The highest BCUT2D eigenvalue weighted by Crippen LogP contribution is 2.18. The maximum Gasteiger partial charge on any atom is 0.169 e. The Morgan fingerprint density at radius 2 is 2.45 bits per heavy atom. The second-order valence-electron chi connectivity index (χ2n) is 2.07. The fourth-order valence-corrected chi connectivity index (χ4v) is 1.01. The van der Waals surface area contributed by atoms with Gasteiger partial charge in [-0.15, -0.1) is 0 Å². The summed E-state index contributed by atoms with van der Waals surface area (Å²) in [6, 6.07) is 0. The molecule has 0 aliphatic heterocycles. The predicted octanol–water partition coefficient (Wildman–Crippen LogP) is 2.08. The second-order valence-corrected chi connectivity index (χ2v) is 3.00. The molecule has 0 aliphatic carbocycles. The summed E-state index contributed by atoms with van der Waals surface area (Å²) in [6.45, 7) is 2.41. The van der Waals surface area contributed by atoms with Gasteiger partial charge < -0.3 is 9.84 Å². The molecule has 1 rings (SSSR count). The van der Waals surface area contributed by atoms with E-state index in [9.17, 15) is 0 Å². The molecule has 11 heavy (non-hydrogen) atoms. The van der Waals surface area contributed by atoms with Crippen LogP contribution in [-0.4, -0.2) is 10.6 Å². The lowest BCUT2D eigenvalue weighted by Gasteiger charge is -1.94. The number of nitrogens with one attached hydrogen (secondary N) is 1. The van der Waals surface area contributed by atoms with E-state index in [2.05, 4.69) is 26.4 Å². The minimum absolute atomic E-state index is 0.602. The lowest BCUT2D eigenvalue weighted by molar-refractivity contribution is 0.373. The van der Waals surface area contributed by atoms with Gasteiger partial charge in [-0.3, -0.25) is 0 Å². The highest BCUT2D eigenvalue weighted by molar-refractivity contribution is 9.09. The van der Waals surface area contributed by atoms with Gasteiger partial charge in [-0.25, -0.2) is 0 Å². The van der Waals surface area contributed by atoms with E-state index in [4.69, 9.17) is 16.1 Å². The maximum absolute atomic E-state index is 5.83. The van der Waals surface area contributed by atoms with Crippen LogP contribution in [0.5, 0.6) is 0 Å². The van der Waals surface area contributed by atoms with Crippen molar-refractivity contribution >= 4 is 27.5 Å². The van der Waals surface area contributed by atoms with Gasteiger partial charge in [0.15, 0.2) is 5.76 Å². The number of aromatic nitrogens is 1. The van der Waals surface area contributed by atoms with E-state index in [0.29, 0.717) is 22.8 Å². The van der Waals surface area contributed by atoms with Crippen molar-refractivity contribution in [3.05, 3.63) is 16.5 Å². The molecule has 1 aromatic heterocycles. The predicted molar refractivity (Wildman–Crippen MR) is 46.9 cm³/mol. The van der Waals surface area contributed by atoms with Crippen LogP contribution in [0.1, 0.15) is 11.5 Å². The second kappa shape index (κ2) is 4.09. The number of nitrogens with zero attached hydrogens (tertiary/aromatic N) is 1. The quantitative estimate of drug-likeness (QED) is 0.648. The Labute approximate surface area is 78.2 Å². The van der Waals surface area contributed by atoms with E-state index in [1.54, 1.807) is 0 Å². The van der Waals surface area contributed by atoms with Gasteiger partial charge in [-0.2, -0.15) is 0 Å². The summed E-state index contributed by atoms with van der Waals surface area (Å²) in [4.78, 5) is 0. The normalized spacial score (nSPS) is 10.5. The van der Waals surface area contributed by atoms with E-state index in [1.165, 1.54) is 0 Å². The Morgan fingerprint density at radius 1 is 1.73 bits per heavy atom. The van der Waals surface area contributed by atoms with Gasteiger partial charge in [0.2, 0.25) is 0 Å². The Bertz CT molecular complexity index is 238. The summed E-state index contributed by atoms with van der Waals surface area (Å²) in [5, 5.41) is 7.33. The third-order valence-corrected chi connectivity index (χ3v) is 2.12. The van der Waals surface area contributed by atoms with Crippen LogP contribution < -0.4 is 5.32 Å². The van der Waals surface area contributed by atoms with Crippen LogP contribution in [0, 0.1) is 6.92 Å². The molecule has 0 saturated carbocycles. The van der Waals surface area contributed by atoms with E-state index >= 15 is 0 Å². The van der Waals surface area contributed by atoms with Gasteiger partial charge >= 0.3 is 0 Å². The van der Waals surface area contributed by atoms with E-state index in [1.807, 2.05) is 6.92 Å². The van der Waals surface area contributed by atoms with Gasteiger partial charge in [-0.05, 0) is 6.92 Å². The Balaban J connectivity index is 2.63. The third-order valence-electron chi connectivity index (χ3n) is 1.24. The van der Waals surface area contributed by atoms with Crippen LogP contribution >= 0.6 is 27.5 Å². The summed E-state index contributed by atoms with van der Waals surface area (Å²) < 4.78 is 4.93. The molecule has 0 radical (unpaired) electrons. The Kier molecular flexibility index (Phi) is 3.36. The third kappa shape index (κ3) is 2.18. The van der Waals surface area contributed by atoms with Crippen molar-refractivity contribution in [1.82, 2.24) is 10.5 Å². The van der Waals surface area contributed by atoms with Crippen molar-refractivity contribution in [3.8, 4) is 0 Å². The standard InChI is InChI=1S/C6H8BrClN2O/c1-4-6(8)5(11-10-4)2-9-3-7/h9H,2-3H2,1H3. The lowest BCUT2D eigenvalue weighted by Crippen LogP contribution is -2.09. The first-order chi connectivity index (χ1) is 5.25. The van der Waals surface area contributed by atoms with Crippen LogP contribution in [0.15, 0.2) is 4.52 Å². The van der Waals surface area contributed by atoms with Gasteiger partial charge in [0.1, 0.15) is 5.02 Å². The van der Waals surface area contributed by atoms with Crippen LogP contribution in [0.2, 0.25) is 5.02 Å². The van der Waals surface area contributed by atoms with Crippen molar-refractivity contribution in [1.29, 1.82) is 0 Å². The SMILES string of the molecule is Cc1noc(CNCBr)c1Cl. The highest BCUT2D eigenvalue weighted by atomic mass is 79.9. The zero-order chi connectivity index (χ0) is 8.27. The molecule has 0 aliphatic rings. The molecule has 0 aromatic carbocycles. The smallest absolute Gasteiger partial charge is 0.169 e. The molecule has 3 nitrogen and oxygen atoms in total. The first kappa shape index (κ1) is 9.03. The molecule has 0 amide bonds. The molecule has 0 bridgehead atoms. The van der Waals surface area contributed by atoms with E-state index in [0.717, 1.165) is 5.69 Å². The molecule has 0 fully saturated rings. The average Bonchev–Trinajstić information content (AvgIpc) is 2.31. The van der Waals surface area contributed by atoms with Gasteiger partial charge in [0.25, 0.3) is 0 Å². The van der Waals surface area contributed by atoms with Crippen molar-refractivity contribution in [3.63, 3.8) is 0 Å². The fourth-order valence-electron chi connectivity index (χ4n) is 0.676. The summed E-state index contributed by atoms with van der Waals surface area (Å²) >= 11 is 9.05. The highest BCUT2D eigenvalue weighted by Gasteiger charge is 2.08. The molecular weight excluding hydrogens is 231 g/mol. The molecule has 0 saturated heterocycles. The van der Waals surface area contributed by atoms with Gasteiger partial charge in [-0.1, -0.05) is 32.7 Å². The van der Waals surface area contributed by atoms with E-state index < -0.39 is 0 Å². The van der Waals surface area contributed by atoms with Crippen molar-refractivity contribution < 1.29 is 4.52 Å². The number of halogens is 2. The number of alkyl halides is 1. The molecule has 62 valence electrons. The number of hydrogen-bond donors (Lipinski definition) is 1. The fraction of sp³-hybridized carbons (Fsp3) is 0.500. The minimum Gasteiger partial charge on any atom is -0.358 e. The van der Waals surface area contributed by atoms with Crippen molar-refractivity contribution in [2.45, 2.75) is 13.5 Å². The summed E-state index contributed by atoms with van der Waals surface area (Å²) in [5.41, 5.74) is 1.45. The largest absolute Gasteiger partial charge is 0.358 e. The number of rotatable bonds is 3. The van der Waals surface area contributed by atoms with Crippen LogP contribution in [0.25, 0.3) is 0 Å². The zero-order valence-corrected chi connectivity index (χ0v) is 8.37. The van der Waals surface area contributed by atoms with Gasteiger partial charge in [0.05, 0.1) is 17.7 Å². The Morgan fingerprint density at radius 3 is 2.91 bits per heavy atom. The summed E-state index contributed by atoms with van der Waals surface area (Å²) in [5.74, 6) is 0.684. The van der Waals surface area contributed by atoms with Crippen molar-refractivity contribution in [2.24, 2.45) is 0 Å². The van der Waals surface area contributed by atoms with Crippen molar-refractivity contribution in [2.75, 3.05) is 5.45 Å². The molecule has 1 heterocycles. The first-order valence-electron chi connectivity index (χ1n) is 3.13. The van der Waals surface area contributed by atoms with E-state index in [-0.39, 0.29) is 0 Å².